The van der Waals surface area contributed by atoms with Gasteiger partial charge in [0.05, 0.1) is 5.56 Å². The molecule has 0 fully saturated rings. The normalized spacial score (nSPS) is 11.2. The summed E-state index contributed by atoms with van der Waals surface area (Å²) in [6.45, 7) is 3.86. The molecule has 7 heteroatoms. The quantitative estimate of drug-likeness (QED) is 0.724. The molecular weight excluding hydrogens is 285 g/mol. The van der Waals surface area contributed by atoms with Crippen LogP contribution in [0.4, 0.5) is 13.2 Å². The van der Waals surface area contributed by atoms with Gasteiger partial charge in [0.1, 0.15) is 5.75 Å². The van der Waals surface area contributed by atoms with E-state index in [4.69, 9.17) is 4.74 Å². The van der Waals surface area contributed by atoms with E-state index < -0.39 is 11.7 Å². The zero-order chi connectivity index (χ0) is 15.7. The lowest BCUT2D eigenvalue weighted by Crippen LogP contribution is -2.35. The number of hydrogen-bond donors (Lipinski definition) is 2. The van der Waals surface area contributed by atoms with Crippen molar-refractivity contribution >= 4 is 5.91 Å². The number of benzene rings is 1. The summed E-state index contributed by atoms with van der Waals surface area (Å²) >= 11 is 0. The zero-order valence-corrected chi connectivity index (χ0v) is 11.8. The number of carbonyl (C=O) groups excluding carboxylic acids is 1. The van der Waals surface area contributed by atoms with Crippen LogP contribution in [0, 0.1) is 0 Å². The number of halogens is 3. The third-order valence-corrected chi connectivity index (χ3v) is 2.60. The predicted octanol–water partition coefficient (Wildman–Crippen LogP) is 2.20. The Bertz CT molecular complexity index is 433. The lowest BCUT2D eigenvalue weighted by molar-refractivity contribution is -0.137. The van der Waals surface area contributed by atoms with Crippen molar-refractivity contribution in [2.45, 2.75) is 19.5 Å². The van der Waals surface area contributed by atoms with Gasteiger partial charge in [0.15, 0.2) is 6.61 Å². The van der Waals surface area contributed by atoms with Crippen molar-refractivity contribution in [2.24, 2.45) is 0 Å². The van der Waals surface area contributed by atoms with E-state index in [9.17, 15) is 18.0 Å². The second-order valence-electron chi connectivity index (χ2n) is 4.41. The van der Waals surface area contributed by atoms with Crippen molar-refractivity contribution in [3.8, 4) is 5.75 Å². The Morgan fingerprint density at radius 3 is 2.38 bits per heavy atom. The van der Waals surface area contributed by atoms with Crippen molar-refractivity contribution in [1.82, 2.24) is 10.6 Å². The van der Waals surface area contributed by atoms with Gasteiger partial charge in [-0.2, -0.15) is 13.2 Å². The number of rotatable bonds is 8. The Morgan fingerprint density at radius 2 is 1.81 bits per heavy atom. The molecule has 0 aromatic heterocycles. The summed E-state index contributed by atoms with van der Waals surface area (Å²) in [4.78, 5) is 11.4. The number of ether oxygens (including phenoxy) is 1. The first-order valence-electron chi connectivity index (χ1n) is 6.71. The Balaban J connectivity index is 2.27. The molecule has 0 radical (unpaired) electrons. The molecule has 0 atom stereocenters. The molecule has 1 aromatic rings. The molecule has 0 saturated heterocycles. The summed E-state index contributed by atoms with van der Waals surface area (Å²) in [5, 5.41) is 5.76. The van der Waals surface area contributed by atoms with Crippen molar-refractivity contribution in [1.29, 1.82) is 0 Å². The SMILES string of the molecule is CCCNCCNC(=O)COc1ccc(C(F)(F)F)cc1. The summed E-state index contributed by atoms with van der Waals surface area (Å²) in [6, 6.07) is 4.22. The van der Waals surface area contributed by atoms with Crippen LogP contribution in [0.5, 0.6) is 5.75 Å². The predicted molar refractivity (Wildman–Crippen MR) is 73.1 cm³/mol. The summed E-state index contributed by atoms with van der Waals surface area (Å²) in [5.74, 6) is -0.0875. The zero-order valence-electron chi connectivity index (χ0n) is 11.8. The summed E-state index contributed by atoms with van der Waals surface area (Å²) in [7, 11) is 0. The molecule has 4 nitrogen and oxygen atoms in total. The van der Waals surface area contributed by atoms with Gasteiger partial charge in [-0.15, -0.1) is 0 Å². The molecule has 0 heterocycles. The average molecular weight is 304 g/mol. The van der Waals surface area contributed by atoms with Crippen LogP contribution in [0.25, 0.3) is 0 Å². The van der Waals surface area contributed by atoms with E-state index >= 15 is 0 Å². The van der Waals surface area contributed by atoms with Crippen LogP contribution in [0.15, 0.2) is 24.3 Å². The largest absolute Gasteiger partial charge is 0.484 e. The first-order chi connectivity index (χ1) is 9.93. The molecule has 0 bridgehead atoms. The first-order valence-corrected chi connectivity index (χ1v) is 6.71. The standard InChI is InChI=1S/C14H19F3N2O2/c1-2-7-18-8-9-19-13(20)10-21-12-5-3-11(4-6-12)14(15,16)17/h3-6,18H,2,7-10H2,1H3,(H,19,20). The van der Waals surface area contributed by atoms with E-state index in [1.807, 2.05) is 6.92 Å². The van der Waals surface area contributed by atoms with Gasteiger partial charge in [-0.05, 0) is 37.2 Å². The van der Waals surface area contributed by atoms with Gasteiger partial charge in [-0.25, -0.2) is 0 Å². The second kappa shape index (κ2) is 8.51. The van der Waals surface area contributed by atoms with Crippen LogP contribution in [0.3, 0.4) is 0 Å². The fourth-order valence-corrected chi connectivity index (χ4v) is 1.53. The molecule has 1 rings (SSSR count). The van der Waals surface area contributed by atoms with Gasteiger partial charge in [0.2, 0.25) is 0 Å². The van der Waals surface area contributed by atoms with Gasteiger partial charge in [0, 0.05) is 13.1 Å². The van der Waals surface area contributed by atoms with Crippen LogP contribution >= 0.6 is 0 Å². The highest BCUT2D eigenvalue weighted by molar-refractivity contribution is 5.77. The number of nitrogens with one attached hydrogen (secondary N) is 2. The molecule has 21 heavy (non-hydrogen) atoms. The van der Waals surface area contributed by atoms with E-state index in [1.54, 1.807) is 0 Å². The number of carbonyl (C=O) groups is 1. The van der Waals surface area contributed by atoms with Crippen molar-refractivity contribution in [3.05, 3.63) is 29.8 Å². The lowest BCUT2D eigenvalue weighted by Gasteiger charge is -2.09. The van der Waals surface area contributed by atoms with Crippen LogP contribution in [-0.2, 0) is 11.0 Å². The molecule has 2 N–H and O–H groups in total. The average Bonchev–Trinajstić information content (AvgIpc) is 2.44. The highest BCUT2D eigenvalue weighted by Crippen LogP contribution is 2.30. The molecule has 0 unspecified atom stereocenters. The van der Waals surface area contributed by atoms with E-state index in [2.05, 4.69) is 10.6 Å². The first kappa shape index (κ1) is 17.3. The number of amides is 1. The highest BCUT2D eigenvalue weighted by Gasteiger charge is 2.30. The Labute approximate surface area is 121 Å². The van der Waals surface area contributed by atoms with Gasteiger partial charge in [-0.3, -0.25) is 4.79 Å². The number of alkyl halides is 3. The molecular formula is C14H19F3N2O2. The minimum atomic E-state index is -4.37. The summed E-state index contributed by atoms with van der Waals surface area (Å²) in [6.07, 6.45) is -3.35. The molecule has 0 aliphatic rings. The van der Waals surface area contributed by atoms with Gasteiger partial charge in [-0.1, -0.05) is 6.92 Å². The van der Waals surface area contributed by atoms with Crippen LogP contribution < -0.4 is 15.4 Å². The number of hydrogen-bond acceptors (Lipinski definition) is 3. The summed E-state index contributed by atoms with van der Waals surface area (Å²) in [5.41, 5.74) is -0.749. The van der Waals surface area contributed by atoms with Crippen LogP contribution in [0.2, 0.25) is 0 Å². The second-order valence-corrected chi connectivity index (χ2v) is 4.41. The molecule has 118 valence electrons. The maximum absolute atomic E-state index is 12.4. The van der Waals surface area contributed by atoms with Crippen molar-refractivity contribution < 1.29 is 22.7 Å². The van der Waals surface area contributed by atoms with Gasteiger partial charge in [0.25, 0.3) is 5.91 Å². The minimum absolute atomic E-state index is 0.223. The maximum atomic E-state index is 12.4. The summed E-state index contributed by atoms with van der Waals surface area (Å²) < 4.78 is 42.2. The van der Waals surface area contributed by atoms with E-state index in [1.165, 1.54) is 12.1 Å². The van der Waals surface area contributed by atoms with E-state index in [0.29, 0.717) is 13.1 Å². The fourth-order valence-electron chi connectivity index (χ4n) is 1.53. The molecule has 1 amide bonds. The molecule has 1 aromatic carbocycles. The molecule has 0 aliphatic carbocycles. The van der Waals surface area contributed by atoms with Gasteiger partial charge >= 0.3 is 6.18 Å². The van der Waals surface area contributed by atoms with E-state index in [-0.39, 0.29) is 18.3 Å². The van der Waals surface area contributed by atoms with Gasteiger partial charge < -0.3 is 15.4 Å². The van der Waals surface area contributed by atoms with Crippen LogP contribution in [0.1, 0.15) is 18.9 Å². The molecule has 0 saturated carbocycles. The monoisotopic (exact) mass is 304 g/mol. The van der Waals surface area contributed by atoms with Crippen molar-refractivity contribution in [2.75, 3.05) is 26.2 Å². The Kier molecular flexibility index (Phi) is 7.01. The lowest BCUT2D eigenvalue weighted by atomic mass is 10.2. The highest BCUT2D eigenvalue weighted by atomic mass is 19.4. The van der Waals surface area contributed by atoms with Crippen LogP contribution in [-0.4, -0.2) is 32.1 Å². The molecule has 0 aliphatic heterocycles. The third-order valence-electron chi connectivity index (χ3n) is 2.60. The maximum Gasteiger partial charge on any atom is 0.416 e. The fraction of sp³-hybridized carbons (Fsp3) is 0.500. The molecule has 0 spiro atoms. The topological polar surface area (TPSA) is 50.4 Å². The third kappa shape index (κ3) is 6.99. The minimum Gasteiger partial charge on any atom is -0.484 e. The van der Waals surface area contributed by atoms with E-state index in [0.717, 1.165) is 25.1 Å². The Morgan fingerprint density at radius 1 is 1.14 bits per heavy atom. The van der Waals surface area contributed by atoms with Crippen molar-refractivity contribution in [3.63, 3.8) is 0 Å². The smallest absolute Gasteiger partial charge is 0.416 e. The Hall–Kier alpha value is -1.76.